The van der Waals surface area contributed by atoms with Crippen LogP contribution in [0.5, 0.6) is 0 Å². The minimum absolute atomic E-state index is 0.0368. The number of aliphatic hydroxyl groups is 3. The van der Waals surface area contributed by atoms with Gasteiger partial charge in [0.15, 0.2) is 0 Å². The number of hydrogen-bond acceptors (Lipinski definition) is 6. The molecule has 1 aromatic heterocycles. The van der Waals surface area contributed by atoms with Gasteiger partial charge in [0.1, 0.15) is 18.3 Å². The molecule has 0 amide bonds. The highest BCUT2D eigenvalue weighted by Gasteiger charge is 2.39. The number of hydrogen-bond donors (Lipinski definition) is 3. The van der Waals surface area contributed by atoms with Crippen LogP contribution in [-0.2, 0) is 4.74 Å². The van der Waals surface area contributed by atoms with Crippen LogP contribution in [-0.4, -0.2) is 56.4 Å². The fourth-order valence-electron chi connectivity index (χ4n) is 1.89. The first-order valence-electron chi connectivity index (χ1n) is 5.27. The molecule has 1 aromatic rings. The molecule has 2 rings (SSSR count). The Morgan fingerprint density at radius 2 is 2.24 bits per heavy atom. The maximum absolute atomic E-state index is 11.5. The lowest BCUT2D eigenvalue weighted by molar-refractivity contribution is -0.170. The molecule has 1 aliphatic rings. The Hall–Kier alpha value is -1.28. The van der Waals surface area contributed by atoms with Crippen molar-refractivity contribution >= 4 is 0 Å². The summed E-state index contributed by atoms with van der Waals surface area (Å²) < 4.78 is 6.39. The van der Waals surface area contributed by atoms with Crippen LogP contribution in [0.3, 0.4) is 0 Å². The Kier molecular flexibility index (Phi) is 3.53. The molecule has 0 radical (unpaired) electrons. The highest BCUT2D eigenvalue weighted by atomic mass is 16.5. The second kappa shape index (κ2) is 4.92. The minimum Gasteiger partial charge on any atom is -0.394 e. The van der Waals surface area contributed by atoms with Crippen molar-refractivity contribution in [2.75, 3.05) is 13.2 Å². The van der Waals surface area contributed by atoms with Crippen molar-refractivity contribution < 1.29 is 20.1 Å². The maximum Gasteiger partial charge on any atom is 0.347 e. The predicted octanol–water partition coefficient (Wildman–Crippen LogP) is -2.10. The summed E-state index contributed by atoms with van der Waals surface area (Å²) in [5.41, 5.74) is -0.519. The molecule has 94 valence electrons. The van der Waals surface area contributed by atoms with Gasteiger partial charge < -0.3 is 20.1 Å². The van der Waals surface area contributed by atoms with Crippen LogP contribution >= 0.6 is 0 Å². The molecule has 0 aromatic carbocycles. The molecule has 7 nitrogen and oxygen atoms in total. The summed E-state index contributed by atoms with van der Waals surface area (Å²) in [5.74, 6) is 0. The van der Waals surface area contributed by atoms with E-state index in [0.29, 0.717) is 0 Å². The molecule has 4 atom stereocenters. The van der Waals surface area contributed by atoms with Gasteiger partial charge >= 0.3 is 5.69 Å². The summed E-state index contributed by atoms with van der Waals surface area (Å²) in [6, 6.07) is 0.854. The smallest absolute Gasteiger partial charge is 0.347 e. The van der Waals surface area contributed by atoms with Gasteiger partial charge in [-0.1, -0.05) is 0 Å². The maximum atomic E-state index is 11.5. The van der Waals surface area contributed by atoms with Crippen LogP contribution in [0.15, 0.2) is 23.3 Å². The standard InChI is InChI=1S/C10H14N2O5/c13-4-7-9(15)8(14)6(5-17-7)12-3-1-2-11-10(12)16/h1-3,6-9,13-15H,4-5H2/t6-,7?,8?,9?/m1/s1. The van der Waals surface area contributed by atoms with Crippen molar-refractivity contribution in [1.29, 1.82) is 0 Å². The molecule has 1 saturated heterocycles. The average Bonchev–Trinajstić information content (AvgIpc) is 2.34. The molecule has 3 N–H and O–H groups in total. The van der Waals surface area contributed by atoms with Crippen molar-refractivity contribution in [3.63, 3.8) is 0 Å². The Morgan fingerprint density at radius 3 is 2.88 bits per heavy atom. The summed E-state index contributed by atoms with van der Waals surface area (Å²) in [6.07, 6.45) is -0.414. The Balaban J connectivity index is 2.24. The zero-order valence-electron chi connectivity index (χ0n) is 9.01. The first-order valence-corrected chi connectivity index (χ1v) is 5.27. The number of ether oxygens (including phenoxy) is 1. The molecule has 3 unspecified atom stereocenters. The Morgan fingerprint density at radius 1 is 1.47 bits per heavy atom. The third-order valence-electron chi connectivity index (χ3n) is 2.88. The third-order valence-corrected chi connectivity index (χ3v) is 2.88. The van der Waals surface area contributed by atoms with E-state index in [4.69, 9.17) is 9.84 Å². The molecule has 0 aliphatic carbocycles. The van der Waals surface area contributed by atoms with Gasteiger partial charge in [0.05, 0.1) is 19.3 Å². The van der Waals surface area contributed by atoms with Crippen LogP contribution in [0.1, 0.15) is 6.04 Å². The van der Waals surface area contributed by atoms with Crippen LogP contribution in [0, 0.1) is 0 Å². The Bertz CT molecular complexity index is 435. The second-order valence-electron chi connectivity index (χ2n) is 3.91. The van der Waals surface area contributed by atoms with E-state index in [2.05, 4.69) is 4.98 Å². The first kappa shape index (κ1) is 12.2. The fraction of sp³-hybridized carbons (Fsp3) is 0.600. The second-order valence-corrected chi connectivity index (χ2v) is 3.91. The first-order chi connectivity index (χ1) is 8.15. The normalized spacial score (nSPS) is 33.6. The van der Waals surface area contributed by atoms with Crippen LogP contribution in [0.4, 0.5) is 0 Å². The van der Waals surface area contributed by atoms with Gasteiger partial charge in [-0.2, -0.15) is 0 Å². The molecular weight excluding hydrogens is 228 g/mol. The van der Waals surface area contributed by atoms with E-state index in [9.17, 15) is 15.0 Å². The van der Waals surface area contributed by atoms with Gasteiger partial charge in [-0.3, -0.25) is 4.57 Å². The summed E-state index contributed by atoms with van der Waals surface area (Å²) >= 11 is 0. The lowest BCUT2D eigenvalue weighted by Crippen LogP contribution is -2.53. The van der Waals surface area contributed by atoms with Gasteiger partial charge in [-0.15, -0.1) is 0 Å². The van der Waals surface area contributed by atoms with Crippen molar-refractivity contribution in [3.05, 3.63) is 28.9 Å². The molecule has 0 saturated carbocycles. The fourth-order valence-corrected chi connectivity index (χ4v) is 1.89. The molecule has 0 spiro atoms. The number of rotatable bonds is 2. The van der Waals surface area contributed by atoms with E-state index in [1.54, 1.807) is 6.07 Å². The molecule has 1 fully saturated rings. The van der Waals surface area contributed by atoms with E-state index in [0.717, 1.165) is 0 Å². The molecule has 1 aliphatic heterocycles. The SMILES string of the molecule is O=c1ncccn1[C@@H]1COC(CO)C(O)C1O. The zero-order valence-corrected chi connectivity index (χ0v) is 9.01. The van der Waals surface area contributed by atoms with Gasteiger partial charge in [-0.25, -0.2) is 9.78 Å². The lowest BCUT2D eigenvalue weighted by atomic mass is 9.98. The van der Waals surface area contributed by atoms with E-state index in [1.165, 1.54) is 17.0 Å². The van der Waals surface area contributed by atoms with Gasteiger partial charge in [-0.05, 0) is 6.07 Å². The largest absolute Gasteiger partial charge is 0.394 e. The monoisotopic (exact) mass is 242 g/mol. The van der Waals surface area contributed by atoms with Gasteiger partial charge in [0.2, 0.25) is 0 Å². The summed E-state index contributed by atoms with van der Waals surface area (Å²) in [6.45, 7) is -0.345. The van der Waals surface area contributed by atoms with Crippen LogP contribution in [0.25, 0.3) is 0 Å². The third kappa shape index (κ3) is 2.22. The summed E-state index contributed by atoms with van der Waals surface area (Å²) in [7, 11) is 0. The lowest BCUT2D eigenvalue weighted by Gasteiger charge is -2.37. The molecular formula is C10H14N2O5. The van der Waals surface area contributed by atoms with Gasteiger partial charge in [0.25, 0.3) is 0 Å². The highest BCUT2D eigenvalue weighted by molar-refractivity contribution is 4.93. The quantitative estimate of drug-likeness (QED) is 0.548. The van der Waals surface area contributed by atoms with Crippen molar-refractivity contribution in [2.45, 2.75) is 24.4 Å². The topological polar surface area (TPSA) is 105 Å². The molecule has 2 heterocycles. The number of nitrogens with zero attached hydrogens (tertiary/aromatic N) is 2. The van der Waals surface area contributed by atoms with Crippen LogP contribution < -0.4 is 5.69 Å². The van der Waals surface area contributed by atoms with E-state index < -0.39 is 30.0 Å². The Labute approximate surface area is 96.9 Å². The summed E-state index contributed by atoms with van der Waals surface area (Å²) in [5, 5.41) is 28.5. The van der Waals surface area contributed by atoms with E-state index in [1.807, 2.05) is 0 Å². The van der Waals surface area contributed by atoms with Crippen molar-refractivity contribution in [3.8, 4) is 0 Å². The van der Waals surface area contributed by atoms with E-state index in [-0.39, 0.29) is 13.2 Å². The summed E-state index contributed by atoms with van der Waals surface area (Å²) in [4.78, 5) is 15.0. The average molecular weight is 242 g/mol. The number of aromatic nitrogens is 2. The number of aliphatic hydroxyl groups excluding tert-OH is 3. The van der Waals surface area contributed by atoms with Gasteiger partial charge in [0, 0.05) is 12.4 Å². The van der Waals surface area contributed by atoms with Crippen LogP contribution in [0.2, 0.25) is 0 Å². The molecule has 17 heavy (non-hydrogen) atoms. The molecule has 7 heteroatoms. The molecule has 0 bridgehead atoms. The highest BCUT2D eigenvalue weighted by Crippen LogP contribution is 2.23. The van der Waals surface area contributed by atoms with E-state index >= 15 is 0 Å². The van der Waals surface area contributed by atoms with Crippen molar-refractivity contribution in [1.82, 2.24) is 9.55 Å². The zero-order chi connectivity index (χ0) is 12.4. The van der Waals surface area contributed by atoms with Crippen molar-refractivity contribution in [2.24, 2.45) is 0 Å². The predicted molar refractivity (Wildman–Crippen MR) is 56.4 cm³/mol. The minimum atomic E-state index is -1.23.